The van der Waals surface area contributed by atoms with Crippen molar-refractivity contribution >= 4 is 5.97 Å². The molecule has 0 bridgehead atoms. The molecule has 0 aliphatic heterocycles. The van der Waals surface area contributed by atoms with Gasteiger partial charge in [0.1, 0.15) is 6.61 Å². The first-order valence-electron chi connectivity index (χ1n) is 5.70. The number of terminal acetylenes is 1. The van der Waals surface area contributed by atoms with Crippen molar-refractivity contribution in [3.63, 3.8) is 0 Å². The molecule has 0 aliphatic carbocycles. The van der Waals surface area contributed by atoms with Gasteiger partial charge in [0, 0.05) is 17.2 Å². The molecule has 6 nitrogen and oxygen atoms in total. The van der Waals surface area contributed by atoms with Crippen molar-refractivity contribution in [1.29, 1.82) is 0 Å². The molecule has 6 heteroatoms. The third kappa shape index (κ3) is 2.72. The van der Waals surface area contributed by atoms with Crippen LogP contribution in [0.2, 0.25) is 0 Å². The smallest absolute Gasteiger partial charge is 0.338 e. The SMILES string of the molecule is C#Cc1cccc(C(=O)OC)c1COc1ccn(O)n1. The summed E-state index contributed by atoms with van der Waals surface area (Å²) in [6.45, 7) is 0.0435. The molecule has 0 aliphatic rings. The van der Waals surface area contributed by atoms with Crippen molar-refractivity contribution < 1.29 is 19.5 Å². The second-order valence-corrected chi connectivity index (χ2v) is 3.83. The highest BCUT2D eigenvalue weighted by Crippen LogP contribution is 2.18. The average molecular weight is 272 g/mol. The van der Waals surface area contributed by atoms with E-state index >= 15 is 0 Å². The summed E-state index contributed by atoms with van der Waals surface area (Å²) in [5.41, 5.74) is 1.41. The number of ether oxygens (including phenoxy) is 2. The molecule has 0 saturated heterocycles. The molecule has 2 rings (SSSR count). The maximum absolute atomic E-state index is 11.7. The second kappa shape index (κ2) is 5.80. The number of hydrogen-bond acceptors (Lipinski definition) is 5. The van der Waals surface area contributed by atoms with Gasteiger partial charge in [-0.1, -0.05) is 17.1 Å². The molecule has 0 radical (unpaired) electrons. The number of rotatable bonds is 4. The van der Waals surface area contributed by atoms with Crippen LogP contribution in [0.5, 0.6) is 5.88 Å². The summed E-state index contributed by atoms with van der Waals surface area (Å²) in [5.74, 6) is 2.22. The van der Waals surface area contributed by atoms with Gasteiger partial charge < -0.3 is 14.7 Å². The van der Waals surface area contributed by atoms with Gasteiger partial charge in [-0.3, -0.25) is 0 Å². The summed E-state index contributed by atoms with van der Waals surface area (Å²) in [7, 11) is 1.29. The van der Waals surface area contributed by atoms with Crippen molar-refractivity contribution in [2.45, 2.75) is 6.61 Å². The van der Waals surface area contributed by atoms with E-state index in [9.17, 15) is 4.79 Å². The van der Waals surface area contributed by atoms with Crippen LogP contribution in [-0.4, -0.2) is 28.2 Å². The number of benzene rings is 1. The van der Waals surface area contributed by atoms with Gasteiger partial charge in [0.15, 0.2) is 0 Å². The molecular weight excluding hydrogens is 260 g/mol. The van der Waals surface area contributed by atoms with E-state index in [4.69, 9.17) is 21.1 Å². The Morgan fingerprint density at radius 3 is 2.90 bits per heavy atom. The molecule has 0 atom stereocenters. The average Bonchev–Trinajstić information content (AvgIpc) is 2.89. The van der Waals surface area contributed by atoms with E-state index in [1.807, 2.05) is 0 Å². The lowest BCUT2D eigenvalue weighted by Gasteiger charge is -2.10. The largest absolute Gasteiger partial charge is 0.472 e. The van der Waals surface area contributed by atoms with Crippen LogP contribution in [0.3, 0.4) is 0 Å². The van der Waals surface area contributed by atoms with E-state index in [-0.39, 0.29) is 12.5 Å². The number of esters is 1. The van der Waals surface area contributed by atoms with Gasteiger partial charge in [0.2, 0.25) is 5.88 Å². The summed E-state index contributed by atoms with van der Waals surface area (Å²) in [4.78, 5) is 12.3. The Labute approximate surface area is 115 Å². The van der Waals surface area contributed by atoms with E-state index in [2.05, 4.69) is 11.0 Å². The number of nitrogens with zero attached hydrogens (tertiary/aromatic N) is 2. The highest BCUT2D eigenvalue weighted by Gasteiger charge is 2.15. The molecule has 1 heterocycles. The van der Waals surface area contributed by atoms with Gasteiger partial charge in [-0.05, 0) is 12.1 Å². The maximum atomic E-state index is 11.7. The predicted octanol–water partition coefficient (Wildman–Crippen LogP) is 1.47. The summed E-state index contributed by atoms with van der Waals surface area (Å²) in [6, 6.07) is 6.47. The van der Waals surface area contributed by atoms with Crippen molar-refractivity contribution in [2.24, 2.45) is 0 Å². The minimum atomic E-state index is -0.492. The Kier molecular flexibility index (Phi) is 3.91. The Bertz CT molecular complexity index is 670. The first-order valence-corrected chi connectivity index (χ1v) is 5.70. The van der Waals surface area contributed by atoms with E-state index < -0.39 is 5.97 Å². The summed E-state index contributed by atoms with van der Waals surface area (Å²) >= 11 is 0. The van der Waals surface area contributed by atoms with Gasteiger partial charge >= 0.3 is 5.97 Å². The molecule has 0 saturated carbocycles. The topological polar surface area (TPSA) is 73.6 Å². The lowest BCUT2D eigenvalue weighted by atomic mass is 10.0. The second-order valence-electron chi connectivity index (χ2n) is 3.83. The predicted molar refractivity (Wildman–Crippen MR) is 69.5 cm³/mol. The van der Waals surface area contributed by atoms with E-state index in [0.29, 0.717) is 21.5 Å². The Morgan fingerprint density at radius 2 is 2.30 bits per heavy atom. The van der Waals surface area contributed by atoms with Crippen LogP contribution in [0.1, 0.15) is 21.5 Å². The Balaban J connectivity index is 2.29. The number of carbonyl (C=O) groups excluding carboxylic acids is 1. The lowest BCUT2D eigenvalue weighted by Crippen LogP contribution is -2.10. The van der Waals surface area contributed by atoms with Crippen LogP contribution >= 0.6 is 0 Å². The van der Waals surface area contributed by atoms with Crippen LogP contribution in [0, 0.1) is 12.3 Å². The molecule has 1 N–H and O–H groups in total. The number of aromatic nitrogens is 2. The highest BCUT2D eigenvalue weighted by molar-refractivity contribution is 5.91. The van der Waals surface area contributed by atoms with Crippen LogP contribution in [-0.2, 0) is 11.3 Å². The molecule has 2 aromatic rings. The molecule has 20 heavy (non-hydrogen) atoms. The van der Waals surface area contributed by atoms with Crippen molar-refractivity contribution in [2.75, 3.05) is 7.11 Å². The van der Waals surface area contributed by atoms with Gasteiger partial charge in [-0.25, -0.2) is 4.79 Å². The van der Waals surface area contributed by atoms with Gasteiger partial charge in [0.05, 0.1) is 18.9 Å². The lowest BCUT2D eigenvalue weighted by molar-refractivity contribution is 0.0597. The molecule has 0 unspecified atom stereocenters. The van der Waals surface area contributed by atoms with Gasteiger partial charge in [-0.15, -0.1) is 11.3 Å². The van der Waals surface area contributed by atoms with E-state index in [1.165, 1.54) is 19.4 Å². The summed E-state index contributed by atoms with van der Waals surface area (Å²) in [6.07, 6.45) is 6.74. The highest BCUT2D eigenvalue weighted by atomic mass is 16.5. The van der Waals surface area contributed by atoms with Gasteiger partial charge in [0.25, 0.3) is 0 Å². The molecular formula is C14H12N2O4. The minimum absolute atomic E-state index is 0.0435. The van der Waals surface area contributed by atoms with Crippen LogP contribution in [0.4, 0.5) is 0 Å². The quantitative estimate of drug-likeness (QED) is 0.518. The van der Waals surface area contributed by atoms with E-state index in [0.717, 1.165) is 0 Å². The number of carbonyl (C=O) groups is 1. The van der Waals surface area contributed by atoms with Crippen LogP contribution in [0.25, 0.3) is 0 Å². The molecule has 102 valence electrons. The fraction of sp³-hybridized carbons (Fsp3) is 0.143. The molecule has 1 aromatic heterocycles. The molecule has 0 spiro atoms. The van der Waals surface area contributed by atoms with Crippen LogP contribution < -0.4 is 4.74 Å². The van der Waals surface area contributed by atoms with Crippen molar-refractivity contribution in [1.82, 2.24) is 9.94 Å². The summed E-state index contributed by atoms with van der Waals surface area (Å²) < 4.78 is 10.1. The van der Waals surface area contributed by atoms with Crippen molar-refractivity contribution in [3.8, 4) is 18.2 Å². The molecule has 0 fully saturated rings. The zero-order chi connectivity index (χ0) is 14.5. The fourth-order valence-corrected chi connectivity index (χ4v) is 1.70. The molecule has 0 amide bonds. The van der Waals surface area contributed by atoms with Crippen molar-refractivity contribution in [3.05, 3.63) is 47.2 Å². The summed E-state index contributed by atoms with van der Waals surface area (Å²) in [5, 5.41) is 12.7. The van der Waals surface area contributed by atoms with E-state index in [1.54, 1.807) is 18.2 Å². The zero-order valence-electron chi connectivity index (χ0n) is 10.7. The van der Waals surface area contributed by atoms with Crippen LogP contribution in [0.15, 0.2) is 30.5 Å². The Morgan fingerprint density at radius 1 is 1.50 bits per heavy atom. The third-order valence-electron chi connectivity index (χ3n) is 2.65. The third-order valence-corrected chi connectivity index (χ3v) is 2.65. The minimum Gasteiger partial charge on any atom is -0.472 e. The number of methoxy groups -OCH3 is 1. The normalized spacial score (nSPS) is 9.80. The first-order chi connectivity index (χ1) is 9.65. The molecule has 1 aromatic carbocycles. The monoisotopic (exact) mass is 272 g/mol. The maximum Gasteiger partial charge on any atom is 0.338 e. The zero-order valence-corrected chi connectivity index (χ0v) is 10.7. The first kappa shape index (κ1) is 13.5. The number of hydrogen-bond donors (Lipinski definition) is 1. The fourth-order valence-electron chi connectivity index (χ4n) is 1.70. The Hall–Kier alpha value is -2.94. The van der Waals surface area contributed by atoms with Gasteiger partial charge in [-0.2, -0.15) is 0 Å². The standard InChI is InChI=1S/C14H12N2O4/c1-3-10-5-4-6-11(14(17)19-2)12(10)9-20-13-7-8-16(18)15-13/h1,4-8,18H,9H2,2H3.